The largest absolute Gasteiger partial charge is 0.493 e. The summed E-state index contributed by atoms with van der Waals surface area (Å²) in [7, 11) is 3.18. The van der Waals surface area contributed by atoms with Crippen molar-refractivity contribution in [2.45, 2.75) is 38.9 Å². The summed E-state index contributed by atoms with van der Waals surface area (Å²) in [5.74, 6) is 0.329. The first-order chi connectivity index (χ1) is 61.2. The van der Waals surface area contributed by atoms with E-state index in [4.69, 9.17) is 32.7 Å². The molecule has 0 aliphatic carbocycles. The molecule has 5 aliphatic rings. The molecule has 0 saturated carbocycles. The zero-order chi connectivity index (χ0) is 87.5. The Hall–Kier alpha value is -13.5. The van der Waals surface area contributed by atoms with Gasteiger partial charge in [0.25, 0.3) is 27.8 Å². The highest BCUT2D eigenvalue weighted by molar-refractivity contribution is 6.31. The van der Waals surface area contributed by atoms with E-state index in [-0.39, 0.29) is 27.8 Å². The minimum absolute atomic E-state index is 0.111. The topological polar surface area (TPSA) is 318 Å². The van der Waals surface area contributed by atoms with E-state index >= 15 is 0 Å². The van der Waals surface area contributed by atoms with Gasteiger partial charge in [0.2, 0.25) is 0 Å². The van der Waals surface area contributed by atoms with Crippen LogP contribution in [0.1, 0.15) is 20.8 Å². The highest BCUT2D eigenvalue weighted by Crippen LogP contribution is 2.33. The summed E-state index contributed by atoms with van der Waals surface area (Å²) >= 11 is 12.0. The van der Waals surface area contributed by atoms with Crippen LogP contribution in [-0.4, -0.2) is 210 Å². The van der Waals surface area contributed by atoms with Crippen molar-refractivity contribution in [1.29, 1.82) is 0 Å². The zero-order valence-electron chi connectivity index (χ0n) is 69.8. The summed E-state index contributed by atoms with van der Waals surface area (Å²) in [5, 5.41) is 17.9. The lowest BCUT2D eigenvalue weighted by molar-refractivity contribution is 0.355. The molecule has 35 heteroatoms. The highest BCUT2D eigenvalue weighted by Gasteiger charge is 2.23. The number of hydrogen-bond donors (Lipinski definition) is 5. The molecule has 31 nitrogen and oxygen atoms in total. The van der Waals surface area contributed by atoms with Gasteiger partial charge in [0, 0.05) is 256 Å². The van der Waals surface area contributed by atoms with Crippen LogP contribution in [0.4, 0.5) is 37.2 Å². The number of piperazine rings is 5. The monoisotopic (exact) mass is 1740 g/mol. The van der Waals surface area contributed by atoms with E-state index in [1.165, 1.54) is 57.6 Å². The van der Waals surface area contributed by atoms with Crippen LogP contribution in [0, 0.1) is 11.6 Å². The lowest BCUT2D eigenvalue weighted by atomic mass is 10.1. The summed E-state index contributed by atoms with van der Waals surface area (Å²) in [6, 6.07) is 39.6. The van der Waals surface area contributed by atoms with Crippen LogP contribution < -0.4 is 88.4 Å². The van der Waals surface area contributed by atoms with Crippen LogP contribution in [0.25, 0.3) is 84.5 Å². The number of nitrogens with one attached hydrogen (secondary N) is 5. The molecule has 5 N–H and O–H groups in total. The fourth-order valence-electron chi connectivity index (χ4n) is 15.7. The molecule has 0 amide bonds. The lowest BCUT2D eigenvalue weighted by Crippen LogP contribution is -2.49. The zero-order valence-corrected chi connectivity index (χ0v) is 71.3. The normalized spacial score (nSPS) is 16.5. The first kappa shape index (κ1) is 86.0. The Kier molecular flexibility index (Phi) is 26.7. The number of hydrogen-bond acceptors (Lipinski definition) is 26. The van der Waals surface area contributed by atoms with Crippen molar-refractivity contribution >= 4 is 79.9 Å². The van der Waals surface area contributed by atoms with Gasteiger partial charge in [-0.1, -0.05) is 23.2 Å². The Bertz CT molecular complexity index is 6490. The molecule has 20 rings (SSSR count). The summed E-state index contributed by atoms with van der Waals surface area (Å²) in [6.07, 6.45) is 20.9. The number of methoxy groups -OCH3 is 2. The van der Waals surface area contributed by atoms with Gasteiger partial charge in [-0.2, -0.15) is 0 Å². The first-order valence-electron chi connectivity index (χ1n) is 41.4. The average Bonchev–Trinajstić information content (AvgIpc) is 0.803. The number of fused-ring (bicyclic) bond motifs is 5. The number of halogens is 4. The third-order valence-electron chi connectivity index (χ3n) is 22.1. The smallest absolute Gasteiger partial charge is 0.258 e. The number of rotatable bonds is 12. The van der Waals surface area contributed by atoms with Crippen molar-refractivity contribution in [3.8, 4) is 67.8 Å². The van der Waals surface area contributed by atoms with Crippen molar-refractivity contribution in [2.75, 3.05) is 150 Å². The van der Waals surface area contributed by atoms with Gasteiger partial charge < -0.3 is 60.6 Å². The number of pyridine rings is 9. The minimum atomic E-state index is -0.456. The third kappa shape index (κ3) is 20.4. The minimum Gasteiger partial charge on any atom is -0.493 e. The summed E-state index contributed by atoms with van der Waals surface area (Å²) in [6.45, 7) is 22.1. The molecule has 126 heavy (non-hydrogen) atoms. The molecular formula is C91H92Cl2F2N24O7. The first-order valence-corrected chi connectivity index (χ1v) is 42.2. The number of aromatic nitrogens is 14. The molecule has 0 bridgehead atoms. The maximum absolute atomic E-state index is 13.4. The van der Waals surface area contributed by atoms with Gasteiger partial charge in [0.1, 0.15) is 39.9 Å². The van der Waals surface area contributed by atoms with Crippen molar-refractivity contribution in [2.24, 2.45) is 0 Å². The number of ether oxygens (including phenoxy) is 2. The van der Waals surface area contributed by atoms with Crippen LogP contribution in [0.3, 0.4) is 0 Å². The average molecular weight is 1740 g/mol. The Morgan fingerprint density at radius 2 is 0.595 bits per heavy atom. The molecule has 5 saturated heterocycles. The molecule has 1 aromatic carbocycles. The van der Waals surface area contributed by atoms with Crippen LogP contribution >= 0.6 is 23.2 Å². The van der Waals surface area contributed by atoms with Gasteiger partial charge in [0.15, 0.2) is 11.5 Å². The van der Waals surface area contributed by atoms with Gasteiger partial charge in [-0.3, -0.25) is 65.9 Å². The number of nitrogens with zero attached hydrogens (tertiary/aromatic N) is 19. The second kappa shape index (κ2) is 39.1. The Morgan fingerprint density at radius 1 is 0.317 bits per heavy atom. The quantitative estimate of drug-likeness (QED) is 0.0760. The van der Waals surface area contributed by atoms with E-state index in [2.05, 4.69) is 117 Å². The van der Waals surface area contributed by atoms with Crippen LogP contribution in [-0.2, 0) is 0 Å². The van der Waals surface area contributed by atoms with Crippen molar-refractivity contribution in [1.82, 2.24) is 93.4 Å². The Balaban J connectivity index is 0.000000116. The molecule has 0 unspecified atom stereocenters. The second-order valence-electron chi connectivity index (χ2n) is 31.0. The Labute approximate surface area is 731 Å². The van der Waals surface area contributed by atoms with Gasteiger partial charge >= 0.3 is 0 Å². The van der Waals surface area contributed by atoms with Crippen molar-refractivity contribution in [3.63, 3.8) is 0 Å². The maximum atomic E-state index is 13.4. The molecule has 15 aromatic rings. The summed E-state index contributed by atoms with van der Waals surface area (Å²) < 4.78 is 45.2. The third-order valence-corrected chi connectivity index (χ3v) is 22.5. The Morgan fingerprint density at radius 3 is 0.881 bits per heavy atom. The molecule has 5 fully saturated rings. The molecule has 646 valence electrons. The van der Waals surface area contributed by atoms with E-state index in [9.17, 15) is 32.8 Å². The number of anilines is 5. The SMILES string of the molecule is COc1ccc(-c2cc(=O)n3cc(N4CCN[C@@H](C)C4)ccc3n2)cc1OC.C[C@H]1CN(c2ccc3nc(-c4cncc(Cl)c4)cc(=O)n3c2)CCN1.C[C@H]1CN(c2ccc3nc(-c4cncc(F)c4)cc(=O)n3c2)CCN1.O=c1cc(-c2cncc(Cl)c2)nc2ccc(N3CCNCC3)cn12.O=c1cc(-c2cncc(F)c2)nc2ccc(N3CCNCC3)cn12. The molecule has 0 spiro atoms. The molecule has 14 aromatic heterocycles. The van der Waals surface area contributed by atoms with Crippen LogP contribution in [0.5, 0.6) is 11.5 Å². The fourth-order valence-corrected chi connectivity index (χ4v) is 16.0. The fraction of sp³-hybridized carbons (Fsp3) is 0.275. The standard InChI is InChI=1S/C21H24N4O3.C18H18ClN5O.C18H18FN5O.C17H16ClN5O.C17H16FN5O/c1-14-12-24(9-8-22-14)16-5-7-20-23-17(11-21(26)25(20)13-16)15-4-6-18(27-2)19(10-15)28-3;2*1-12-10-23(5-4-21-12)15-2-3-17-22-16(7-18(25)24(17)11-15)13-6-14(19)9-20-8-13;2*18-13-7-12(9-20-10-13)15-8-17(24)23-11-14(1-2-16(23)21-15)22-5-3-19-4-6-22/h4-7,10-11,13-14,22H,8-9,12H2,1-3H3;2*2-3,6-9,11-12,21H,4-5,10H2,1H3;2*1-2,7-11,19H,3-6H2/t14-;2*12-;;/m000../s1. The van der Waals surface area contributed by atoms with Crippen LogP contribution in [0.2, 0.25) is 10.0 Å². The predicted molar refractivity (Wildman–Crippen MR) is 488 cm³/mol. The molecule has 5 aliphatic heterocycles. The van der Waals surface area contributed by atoms with E-state index < -0.39 is 11.6 Å². The van der Waals surface area contributed by atoms with E-state index in [1.807, 2.05) is 110 Å². The van der Waals surface area contributed by atoms with Gasteiger partial charge in [-0.05, 0) is 124 Å². The molecule has 3 atom stereocenters. The van der Waals surface area contributed by atoms with Crippen LogP contribution in [0.15, 0.2) is 238 Å². The van der Waals surface area contributed by atoms with E-state index in [0.29, 0.717) is 108 Å². The second-order valence-corrected chi connectivity index (χ2v) is 31.9. The van der Waals surface area contributed by atoms with E-state index in [1.54, 1.807) is 70.4 Å². The number of benzene rings is 1. The van der Waals surface area contributed by atoms with Crippen molar-refractivity contribution < 1.29 is 18.3 Å². The molecule has 19 heterocycles. The summed E-state index contributed by atoms with van der Waals surface area (Å²) in [5.41, 5.74) is 13.0. The molecule has 0 radical (unpaired) electrons. The summed E-state index contributed by atoms with van der Waals surface area (Å²) in [4.78, 5) is 113. The maximum Gasteiger partial charge on any atom is 0.258 e. The van der Waals surface area contributed by atoms with Crippen molar-refractivity contribution in [3.05, 3.63) is 287 Å². The van der Waals surface area contributed by atoms with Gasteiger partial charge in [0.05, 0.1) is 93.6 Å². The highest BCUT2D eigenvalue weighted by atomic mass is 35.5. The molecular weight excluding hydrogens is 1650 g/mol. The van der Waals surface area contributed by atoms with Gasteiger partial charge in [-0.25, -0.2) is 33.7 Å². The lowest BCUT2D eigenvalue weighted by Gasteiger charge is -2.33. The van der Waals surface area contributed by atoms with Gasteiger partial charge in [-0.15, -0.1) is 0 Å². The van der Waals surface area contributed by atoms with E-state index in [0.717, 1.165) is 169 Å². The predicted octanol–water partition coefficient (Wildman–Crippen LogP) is 9.20.